The third-order valence-electron chi connectivity index (χ3n) is 4.15. The fourth-order valence-corrected chi connectivity index (χ4v) is 3.62. The van der Waals surface area contributed by atoms with Crippen molar-refractivity contribution in [1.29, 1.82) is 0 Å². The quantitative estimate of drug-likeness (QED) is 0.394. The standard InChI is InChI=1S/C22H26N2O6S/c1-4-9-28-19-12-15(21(26)29-10-5-2)7-8-17(19)24-20(25)18-13-16(14-23-18)31-22(27)30-11-6-3/h4-8,12,16,18,23H,1-3,9-11,13-14H2,(H,24,25)/t16-,18-/m0/s1. The number of benzene rings is 1. The van der Waals surface area contributed by atoms with Crippen LogP contribution < -0.4 is 15.4 Å². The van der Waals surface area contributed by atoms with Gasteiger partial charge in [-0.05, 0) is 36.4 Å². The van der Waals surface area contributed by atoms with Crippen LogP contribution in [0.5, 0.6) is 5.75 Å². The predicted octanol–water partition coefficient (Wildman–Crippen LogP) is 3.32. The Morgan fingerprint density at radius 2 is 1.81 bits per heavy atom. The second-order valence-corrected chi connectivity index (χ2v) is 7.71. The molecule has 1 aliphatic rings. The van der Waals surface area contributed by atoms with E-state index in [1.807, 2.05) is 0 Å². The SMILES string of the molecule is C=CCOC(=O)S[C@@H]1CN[C@H](C(=O)Nc2ccc(C(=O)OCC=C)cc2OCC=C)C1. The maximum absolute atomic E-state index is 12.7. The van der Waals surface area contributed by atoms with Crippen molar-refractivity contribution in [1.82, 2.24) is 5.32 Å². The van der Waals surface area contributed by atoms with Crippen LogP contribution in [0.2, 0.25) is 0 Å². The second-order valence-electron chi connectivity index (χ2n) is 6.47. The first kappa shape index (κ1) is 24.2. The summed E-state index contributed by atoms with van der Waals surface area (Å²) in [5.74, 6) is -0.479. The molecule has 9 heteroatoms. The number of hydrogen-bond donors (Lipinski definition) is 2. The van der Waals surface area contributed by atoms with Crippen LogP contribution in [0.1, 0.15) is 16.8 Å². The molecule has 1 fully saturated rings. The van der Waals surface area contributed by atoms with Crippen molar-refractivity contribution in [2.75, 3.05) is 31.7 Å². The van der Waals surface area contributed by atoms with E-state index in [0.29, 0.717) is 24.4 Å². The molecule has 0 unspecified atom stereocenters. The van der Waals surface area contributed by atoms with E-state index in [1.54, 1.807) is 12.1 Å². The van der Waals surface area contributed by atoms with E-state index in [-0.39, 0.29) is 36.5 Å². The number of rotatable bonds is 11. The molecule has 0 spiro atoms. The molecule has 0 aromatic heterocycles. The number of esters is 1. The molecule has 0 saturated carbocycles. The number of thioether (sulfide) groups is 1. The Morgan fingerprint density at radius 1 is 1.10 bits per heavy atom. The molecular weight excluding hydrogens is 420 g/mol. The molecule has 8 nitrogen and oxygen atoms in total. The van der Waals surface area contributed by atoms with Crippen LogP contribution >= 0.6 is 11.8 Å². The molecule has 0 radical (unpaired) electrons. The Kier molecular flexibility index (Phi) is 9.86. The van der Waals surface area contributed by atoms with Crippen LogP contribution in [-0.2, 0) is 14.3 Å². The van der Waals surface area contributed by atoms with Gasteiger partial charge in [0, 0.05) is 11.8 Å². The summed E-state index contributed by atoms with van der Waals surface area (Å²) in [6, 6.07) is 4.14. The lowest BCUT2D eigenvalue weighted by Gasteiger charge is -2.15. The molecule has 1 saturated heterocycles. The lowest BCUT2D eigenvalue weighted by molar-refractivity contribution is -0.117. The minimum Gasteiger partial charge on any atom is -0.487 e. The maximum Gasteiger partial charge on any atom is 0.367 e. The van der Waals surface area contributed by atoms with Gasteiger partial charge in [0.15, 0.2) is 0 Å². The largest absolute Gasteiger partial charge is 0.487 e. The number of ether oxygens (including phenoxy) is 3. The zero-order chi connectivity index (χ0) is 22.6. The van der Waals surface area contributed by atoms with Gasteiger partial charge in [-0.15, -0.1) is 0 Å². The van der Waals surface area contributed by atoms with E-state index in [4.69, 9.17) is 14.2 Å². The highest BCUT2D eigenvalue weighted by molar-refractivity contribution is 8.13. The van der Waals surface area contributed by atoms with E-state index in [9.17, 15) is 14.4 Å². The van der Waals surface area contributed by atoms with Gasteiger partial charge in [0.25, 0.3) is 0 Å². The number of carbonyl (C=O) groups is 3. The molecule has 2 N–H and O–H groups in total. The van der Waals surface area contributed by atoms with Gasteiger partial charge in [0.2, 0.25) is 5.91 Å². The zero-order valence-corrected chi connectivity index (χ0v) is 17.9. The molecule has 2 rings (SSSR count). The number of anilines is 1. The summed E-state index contributed by atoms with van der Waals surface area (Å²) in [4.78, 5) is 36.5. The van der Waals surface area contributed by atoms with Gasteiger partial charge >= 0.3 is 11.3 Å². The van der Waals surface area contributed by atoms with Crippen LogP contribution in [0.15, 0.2) is 56.2 Å². The maximum atomic E-state index is 12.7. The molecule has 1 amide bonds. The van der Waals surface area contributed by atoms with Crippen molar-refractivity contribution < 1.29 is 28.6 Å². The first-order valence-electron chi connectivity index (χ1n) is 9.62. The second kappa shape index (κ2) is 12.6. The van der Waals surface area contributed by atoms with Crippen LogP contribution in [0.3, 0.4) is 0 Å². The summed E-state index contributed by atoms with van der Waals surface area (Å²) in [5.41, 5.74) is 0.697. The minimum absolute atomic E-state index is 0.0773. The van der Waals surface area contributed by atoms with E-state index < -0.39 is 17.3 Å². The Bertz CT molecular complexity index is 841. The van der Waals surface area contributed by atoms with Crippen molar-refractivity contribution in [3.63, 3.8) is 0 Å². The van der Waals surface area contributed by atoms with Crippen molar-refractivity contribution in [3.05, 3.63) is 61.7 Å². The van der Waals surface area contributed by atoms with Crippen molar-refractivity contribution in [3.8, 4) is 5.75 Å². The molecule has 2 atom stereocenters. The third-order valence-corrected chi connectivity index (χ3v) is 5.16. The molecule has 1 aliphatic heterocycles. The summed E-state index contributed by atoms with van der Waals surface area (Å²) in [6.45, 7) is 11.5. The van der Waals surface area contributed by atoms with Gasteiger partial charge < -0.3 is 24.8 Å². The number of amides is 1. The van der Waals surface area contributed by atoms with Crippen molar-refractivity contribution >= 4 is 34.6 Å². The fraction of sp³-hybridized carbons (Fsp3) is 0.318. The van der Waals surface area contributed by atoms with E-state index in [1.165, 1.54) is 24.3 Å². The molecule has 0 aliphatic carbocycles. The highest BCUT2D eigenvalue weighted by Crippen LogP contribution is 2.28. The molecule has 1 heterocycles. The fourth-order valence-electron chi connectivity index (χ4n) is 2.75. The number of nitrogens with one attached hydrogen (secondary N) is 2. The normalized spacial score (nSPS) is 17.3. The lowest BCUT2D eigenvalue weighted by atomic mass is 10.1. The smallest absolute Gasteiger partial charge is 0.367 e. The molecule has 1 aromatic carbocycles. The van der Waals surface area contributed by atoms with Gasteiger partial charge in [0.1, 0.15) is 25.6 Å². The summed E-state index contributed by atoms with van der Waals surface area (Å²) < 4.78 is 15.6. The van der Waals surface area contributed by atoms with Crippen LogP contribution in [-0.4, -0.2) is 54.8 Å². The average Bonchev–Trinajstić information content (AvgIpc) is 3.23. The van der Waals surface area contributed by atoms with Gasteiger partial charge in [-0.1, -0.05) is 38.0 Å². The van der Waals surface area contributed by atoms with Crippen molar-refractivity contribution in [2.24, 2.45) is 0 Å². The van der Waals surface area contributed by atoms with E-state index in [0.717, 1.165) is 11.8 Å². The molecule has 31 heavy (non-hydrogen) atoms. The topological polar surface area (TPSA) is 103 Å². The summed E-state index contributed by atoms with van der Waals surface area (Å²) in [5, 5.41) is 5.44. The van der Waals surface area contributed by atoms with Gasteiger partial charge in [0.05, 0.1) is 17.3 Å². The molecule has 1 aromatic rings. The van der Waals surface area contributed by atoms with Gasteiger partial charge in [-0.2, -0.15) is 0 Å². The Morgan fingerprint density at radius 3 is 2.52 bits per heavy atom. The zero-order valence-electron chi connectivity index (χ0n) is 17.1. The minimum atomic E-state index is -0.526. The predicted molar refractivity (Wildman–Crippen MR) is 121 cm³/mol. The summed E-state index contributed by atoms with van der Waals surface area (Å²) in [7, 11) is 0. The van der Waals surface area contributed by atoms with Crippen LogP contribution in [0.25, 0.3) is 0 Å². The van der Waals surface area contributed by atoms with Crippen molar-refractivity contribution in [2.45, 2.75) is 17.7 Å². The van der Waals surface area contributed by atoms with E-state index >= 15 is 0 Å². The first-order chi connectivity index (χ1) is 15.0. The Hall–Kier alpha value is -3.04. The third kappa shape index (κ3) is 7.62. The summed E-state index contributed by atoms with van der Waals surface area (Å²) in [6.07, 6.45) is 4.99. The Balaban J connectivity index is 2.01. The highest BCUT2D eigenvalue weighted by Gasteiger charge is 2.32. The number of hydrogen-bond acceptors (Lipinski definition) is 8. The molecule has 0 bridgehead atoms. The lowest BCUT2D eigenvalue weighted by Crippen LogP contribution is -2.35. The van der Waals surface area contributed by atoms with Gasteiger partial charge in [-0.25, -0.2) is 9.59 Å². The molecule has 166 valence electrons. The summed E-state index contributed by atoms with van der Waals surface area (Å²) >= 11 is 1.05. The van der Waals surface area contributed by atoms with E-state index in [2.05, 4.69) is 30.4 Å². The molecular formula is C22H26N2O6S. The first-order valence-corrected chi connectivity index (χ1v) is 10.5. The van der Waals surface area contributed by atoms with Crippen LogP contribution in [0.4, 0.5) is 10.5 Å². The van der Waals surface area contributed by atoms with Crippen LogP contribution in [0, 0.1) is 0 Å². The van der Waals surface area contributed by atoms with Gasteiger partial charge in [-0.3, -0.25) is 4.79 Å². The Labute approximate surface area is 185 Å². The average molecular weight is 447 g/mol. The highest BCUT2D eigenvalue weighted by atomic mass is 32.2. The monoisotopic (exact) mass is 446 g/mol. The number of carbonyl (C=O) groups excluding carboxylic acids is 3.